The fraction of sp³-hybridized carbons (Fsp3) is 0.143. The summed E-state index contributed by atoms with van der Waals surface area (Å²) < 4.78 is 6.53. The van der Waals surface area contributed by atoms with Crippen LogP contribution in [0, 0.1) is 11.8 Å². The molecule has 2 rings (SSSR count). The molecule has 0 amide bonds. The monoisotopic (exact) mass is 308 g/mol. The SMILES string of the molecule is ClCC#CCOc1ccc2ccccc2c1Br. The Morgan fingerprint density at radius 3 is 2.76 bits per heavy atom. The lowest BCUT2D eigenvalue weighted by Crippen LogP contribution is -1.95. The maximum Gasteiger partial charge on any atom is 0.149 e. The highest BCUT2D eigenvalue weighted by Crippen LogP contribution is 2.32. The Hall–Kier alpha value is -1.17. The van der Waals surface area contributed by atoms with Gasteiger partial charge in [0.15, 0.2) is 0 Å². The first-order valence-electron chi connectivity index (χ1n) is 5.14. The molecule has 0 bridgehead atoms. The molecule has 2 aromatic rings. The van der Waals surface area contributed by atoms with Crippen LogP contribution >= 0.6 is 27.5 Å². The summed E-state index contributed by atoms with van der Waals surface area (Å²) in [6, 6.07) is 12.1. The van der Waals surface area contributed by atoms with E-state index in [0.29, 0.717) is 12.5 Å². The Morgan fingerprint density at radius 1 is 1.12 bits per heavy atom. The van der Waals surface area contributed by atoms with Gasteiger partial charge in [-0.2, -0.15) is 0 Å². The van der Waals surface area contributed by atoms with Crippen LogP contribution in [0.15, 0.2) is 40.9 Å². The summed E-state index contributed by atoms with van der Waals surface area (Å²) in [6.45, 7) is 0.351. The highest BCUT2D eigenvalue weighted by atomic mass is 79.9. The third-order valence-corrected chi connectivity index (χ3v) is 3.27. The van der Waals surface area contributed by atoms with Crippen molar-refractivity contribution in [3.05, 3.63) is 40.9 Å². The lowest BCUT2D eigenvalue weighted by molar-refractivity contribution is 0.368. The molecule has 0 fully saturated rings. The van der Waals surface area contributed by atoms with E-state index in [0.717, 1.165) is 15.6 Å². The number of halogens is 2. The Morgan fingerprint density at radius 2 is 1.94 bits per heavy atom. The smallest absolute Gasteiger partial charge is 0.149 e. The molecule has 0 unspecified atom stereocenters. The number of alkyl halides is 1. The summed E-state index contributed by atoms with van der Waals surface area (Å²) in [5.74, 6) is 6.72. The standard InChI is InChI=1S/C14H10BrClO/c15-14-12-6-2-1-5-11(12)7-8-13(14)17-10-4-3-9-16/h1-2,5-8H,9-10H2. The quantitative estimate of drug-likeness (QED) is 0.596. The Kier molecular flexibility index (Phi) is 4.30. The number of benzene rings is 2. The third-order valence-electron chi connectivity index (χ3n) is 2.32. The first kappa shape index (κ1) is 12.3. The van der Waals surface area contributed by atoms with E-state index >= 15 is 0 Å². The second-order valence-corrected chi connectivity index (χ2v) is 4.43. The molecule has 0 aliphatic carbocycles. The van der Waals surface area contributed by atoms with Gasteiger partial charge in [0.2, 0.25) is 0 Å². The van der Waals surface area contributed by atoms with E-state index < -0.39 is 0 Å². The van der Waals surface area contributed by atoms with Crippen molar-refractivity contribution in [1.29, 1.82) is 0 Å². The van der Waals surface area contributed by atoms with Crippen LogP contribution in [0.3, 0.4) is 0 Å². The van der Waals surface area contributed by atoms with Gasteiger partial charge in [-0.1, -0.05) is 42.2 Å². The van der Waals surface area contributed by atoms with Gasteiger partial charge in [0.1, 0.15) is 12.4 Å². The van der Waals surface area contributed by atoms with Gasteiger partial charge in [-0.3, -0.25) is 0 Å². The summed E-state index contributed by atoms with van der Waals surface area (Å²) in [5, 5.41) is 2.31. The highest BCUT2D eigenvalue weighted by molar-refractivity contribution is 9.10. The molecule has 0 heterocycles. The van der Waals surface area contributed by atoms with Crippen molar-refractivity contribution in [3.8, 4) is 17.6 Å². The van der Waals surface area contributed by atoms with Gasteiger partial charge in [0.25, 0.3) is 0 Å². The molecule has 0 radical (unpaired) electrons. The van der Waals surface area contributed by atoms with Crippen molar-refractivity contribution in [2.75, 3.05) is 12.5 Å². The lowest BCUT2D eigenvalue weighted by Gasteiger charge is -2.07. The van der Waals surface area contributed by atoms with E-state index in [-0.39, 0.29) is 0 Å². The van der Waals surface area contributed by atoms with E-state index in [1.807, 2.05) is 24.3 Å². The maximum absolute atomic E-state index is 5.57. The van der Waals surface area contributed by atoms with Gasteiger partial charge in [0.05, 0.1) is 10.4 Å². The fourth-order valence-corrected chi connectivity index (χ4v) is 2.24. The molecule has 2 aromatic carbocycles. The minimum Gasteiger partial charge on any atom is -0.480 e. The summed E-state index contributed by atoms with van der Waals surface area (Å²) in [4.78, 5) is 0. The van der Waals surface area contributed by atoms with E-state index in [4.69, 9.17) is 16.3 Å². The summed E-state index contributed by atoms with van der Waals surface area (Å²) >= 11 is 9.01. The van der Waals surface area contributed by atoms with Crippen molar-refractivity contribution >= 4 is 38.3 Å². The molecule has 3 heteroatoms. The summed E-state index contributed by atoms with van der Waals surface area (Å²) in [6.07, 6.45) is 0. The van der Waals surface area contributed by atoms with Crippen LogP contribution in [0.5, 0.6) is 5.75 Å². The predicted molar refractivity (Wildman–Crippen MR) is 75.6 cm³/mol. The van der Waals surface area contributed by atoms with Crippen LogP contribution in [0.1, 0.15) is 0 Å². The van der Waals surface area contributed by atoms with Crippen LogP contribution in [-0.4, -0.2) is 12.5 Å². The highest BCUT2D eigenvalue weighted by Gasteiger charge is 2.04. The fourth-order valence-electron chi connectivity index (χ4n) is 1.54. The minimum absolute atomic E-state index is 0.336. The van der Waals surface area contributed by atoms with E-state index in [9.17, 15) is 0 Å². The lowest BCUT2D eigenvalue weighted by atomic mass is 10.1. The van der Waals surface area contributed by atoms with Crippen LogP contribution < -0.4 is 4.74 Å². The number of fused-ring (bicyclic) bond motifs is 1. The van der Waals surface area contributed by atoms with Gasteiger partial charge < -0.3 is 4.74 Å². The Bertz CT molecular complexity index is 584. The molecule has 0 aliphatic rings. The van der Waals surface area contributed by atoms with Gasteiger partial charge >= 0.3 is 0 Å². The molecule has 86 valence electrons. The molecular weight excluding hydrogens is 300 g/mol. The van der Waals surface area contributed by atoms with Crippen molar-refractivity contribution < 1.29 is 4.74 Å². The van der Waals surface area contributed by atoms with Crippen LogP contribution in [0.4, 0.5) is 0 Å². The first-order chi connectivity index (χ1) is 8.33. The minimum atomic E-state index is 0.336. The Balaban J connectivity index is 2.26. The van der Waals surface area contributed by atoms with Gasteiger partial charge in [-0.15, -0.1) is 11.6 Å². The molecule has 17 heavy (non-hydrogen) atoms. The second kappa shape index (κ2) is 5.95. The zero-order valence-corrected chi connectivity index (χ0v) is 11.4. The topological polar surface area (TPSA) is 9.23 Å². The van der Waals surface area contributed by atoms with E-state index in [2.05, 4.69) is 39.9 Å². The number of hydrogen-bond donors (Lipinski definition) is 0. The zero-order valence-electron chi connectivity index (χ0n) is 9.04. The molecule has 0 N–H and O–H groups in total. The summed E-state index contributed by atoms with van der Waals surface area (Å²) in [5.41, 5.74) is 0. The van der Waals surface area contributed by atoms with Crippen LogP contribution in [0.25, 0.3) is 10.8 Å². The predicted octanol–water partition coefficient (Wildman–Crippen LogP) is 4.22. The Labute approximate surface area is 114 Å². The van der Waals surface area contributed by atoms with Gasteiger partial charge in [-0.05, 0) is 32.8 Å². The van der Waals surface area contributed by atoms with Crippen molar-refractivity contribution in [2.45, 2.75) is 0 Å². The number of rotatable bonds is 2. The normalized spacial score (nSPS) is 9.76. The average molecular weight is 310 g/mol. The third kappa shape index (κ3) is 2.94. The molecular formula is C14H10BrClO. The van der Waals surface area contributed by atoms with Crippen molar-refractivity contribution in [2.24, 2.45) is 0 Å². The largest absolute Gasteiger partial charge is 0.480 e. The molecule has 0 spiro atoms. The molecule has 1 nitrogen and oxygen atoms in total. The second-order valence-electron chi connectivity index (χ2n) is 3.37. The van der Waals surface area contributed by atoms with Crippen LogP contribution in [-0.2, 0) is 0 Å². The molecule has 0 saturated heterocycles. The van der Waals surface area contributed by atoms with Crippen LogP contribution in [0.2, 0.25) is 0 Å². The zero-order chi connectivity index (χ0) is 12.1. The van der Waals surface area contributed by atoms with Crippen molar-refractivity contribution in [1.82, 2.24) is 0 Å². The first-order valence-corrected chi connectivity index (χ1v) is 6.47. The summed E-state index contributed by atoms with van der Waals surface area (Å²) in [7, 11) is 0. The van der Waals surface area contributed by atoms with Gasteiger partial charge in [0, 0.05) is 0 Å². The van der Waals surface area contributed by atoms with E-state index in [1.165, 1.54) is 5.39 Å². The van der Waals surface area contributed by atoms with E-state index in [1.54, 1.807) is 0 Å². The molecule has 0 aromatic heterocycles. The number of ether oxygens (including phenoxy) is 1. The maximum atomic E-state index is 5.57. The van der Waals surface area contributed by atoms with Crippen molar-refractivity contribution in [3.63, 3.8) is 0 Å². The molecule has 0 atom stereocenters. The molecule has 0 saturated carbocycles. The average Bonchev–Trinajstić information content (AvgIpc) is 2.37. The molecule has 0 aliphatic heterocycles. The number of hydrogen-bond acceptors (Lipinski definition) is 1. The van der Waals surface area contributed by atoms with Gasteiger partial charge in [-0.25, -0.2) is 0 Å².